The standard InChI is InChI=1S/C14H24N2O3S2/c1-4-9-16-21(18,19)13-7-5-12(6-8-13)15-10-14(2,17)11-20-3/h5-8,15-17H,4,9-11H2,1-3H3. The van der Waals surface area contributed by atoms with Crippen LogP contribution in [0, 0.1) is 0 Å². The lowest BCUT2D eigenvalue weighted by atomic mass is 10.1. The first kappa shape index (κ1) is 18.3. The van der Waals surface area contributed by atoms with Crippen molar-refractivity contribution in [1.29, 1.82) is 0 Å². The van der Waals surface area contributed by atoms with Crippen molar-refractivity contribution in [3.8, 4) is 0 Å². The van der Waals surface area contributed by atoms with Gasteiger partial charge in [0.05, 0.1) is 10.5 Å². The number of anilines is 1. The Morgan fingerprint density at radius 3 is 2.43 bits per heavy atom. The molecule has 0 aromatic heterocycles. The van der Waals surface area contributed by atoms with Crippen LogP contribution in [-0.2, 0) is 10.0 Å². The lowest BCUT2D eigenvalue weighted by Gasteiger charge is -2.23. The van der Waals surface area contributed by atoms with Crippen LogP contribution in [0.1, 0.15) is 20.3 Å². The van der Waals surface area contributed by atoms with E-state index in [-0.39, 0.29) is 4.90 Å². The highest BCUT2D eigenvalue weighted by Gasteiger charge is 2.19. The third-order valence-corrected chi connectivity index (χ3v) is 5.22. The van der Waals surface area contributed by atoms with E-state index < -0.39 is 15.6 Å². The molecule has 3 N–H and O–H groups in total. The van der Waals surface area contributed by atoms with Crippen LogP contribution in [0.2, 0.25) is 0 Å². The van der Waals surface area contributed by atoms with Crippen LogP contribution in [0.4, 0.5) is 5.69 Å². The molecule has 120 valence electrons. The van der Waals surface area contributed by atoms with Crippen molar-refractivity contribution in [2.45, 2.75) is 30.8 Å². The van der Waals surface area contributed by atoms with Gasteiger partial charge in [-0.25, -0.2) is 13.1 Å². The Hall–Kier alpha value is -0.760. The number of rotatable bonds is 9. The van der Waals surface area contributed by atoms with Gasteiger partial charge >= 0.3 is 0 Å². The molecule has 0 radical (unpaired) electrons. The molecule has 0 fully saturated rings. The predicted octanol–water partition coefficient (Wildman–Crippen LogP) is 1.90. The van der Waals surface area contributed by atoms with Gasteiger partial charge in [-0.3, -0.25) is 0 Å². The van der Waals surface area contributed by atoms with Gasteiger partial charge in [0.25, 0.3) is 0 Å². The molecule has 0 aliphatic heterocycles. The Labute approximate surface area is 131 Å². The first-order chi connectivity index (χ1) is 9.80. The molecule has 0 heterocycles. The molecule has 1 atom stereocenters. The molecule has 0 bridgehead atoms. The minimum atomic E-state index is -3.42. The van der Waals surface area contributed by atoms with Crippen molar-refractivity contribution in [3.63, 3.8) is 0 Å². The zero-order valence-electron chi connectivity index (χ0n) is 12.7. The summed E-state index contributed by atoms with van der Waals surface area (Å²) in [7, 11) is -3.42. The average molecular weight is 332 g/mol. The fourth-order valence-corrected chi connectivity index (χ4v) is 3.58. The highest BCUT2D eigenvalue weighted by atomic mass is 32.2. The van der Waals surface area contributed by atoms with Crippen LogP contribution < -0.4 is 10.0 Å². The Bertz CT molecular complexity index is 528. The van der Waals surface area contributed by atoms with Crippen molar-refractivity contribution < 1.29 is 13.5 Å². The molecule has 0 aliphatic carbocycles. The Morgan fingerprint density at radius 1 is 1.29 bits per heavy atom. The smallest absolute Gasteiger partial charge is 0.240 e. The van der Waals surface area contributed by atoms with Crippen LogP contribution in [0.5, 0.6) is 0 Å². The summed E-state index contributed by atoms with van der Waals surface area (Å²) in [6, 6.07) is 6.53. The van der Waals surface area contributed by atoms with E-state index in [9.17, 15) is 13.5 Å². The average Bonchev–Trinajstić information content (AvgIpc) is 2.43. The number of aliphatic hydroxyl groups is 1. The molecule has 1 rings (SSSR count). The number of hydrogen-bond donors (Lipinski definition) is 3. The lowest BCUT2D eigenvalue weighted by molar-refractivity contribution is 0.0997. The molecule has 5 nitrogen and oxygen atoms in total. The Morgan fingerprint density at radius 2 is 1.90 bits per heavy atom. The van der Waals surface area contributed by atoms with Crippen LogP contribution >= 0.6 is 11.8 Å². The monoisotopic (exact) mass is 332 g/mol. The second-order valence-corrected chi connectivity index (χ2v) is 7.84. The van der Waals surface area contributed by atoms with Crippen LogP contribution in [-0.4, -0.2) is 44.2 Å². The van der Waals surface area contributed by atoms with Gasteiger partial charge in [0.2, 0.25) is 10.0 Å². The first-order valence-electron chi connectivity index (χ1n) is 6.85. The number of thioether (sulfide) groups is 1. The molecule has 7 heteroatoms. The largest absolute Gasteiger partial charge is 0.387 e. The summed E-state index contributed by atoms with van der Waals surface area (Å²) < 4.78 is 26.4. The highest BCUT2D eigenvalue weighted by Crippen LogP contribution is 2.16. The second-order valence-electron chi connectivity index (χ2n) is 5.21. The molecule has 0 aliphatic rings. The molecule has 0 spiro atoms. The predicted molar refractivity (Wildman–Crippen MR) is 89.4 cm³/mol. The number of benzene rings is 1. The van der Waals surface area contributed by atoms with Gasteiger partial charge in [0, 0.05) is 24.5 Å². The third kappa shape index (κ3) is 6.25. The van der Waals surface area contributed by atoms with Gasteiger partial charge in [-0.15, -0.1) is 0 Å². The Kier molecular flexibility index (Phi) is 6.99. The third-order valence-electron chi connectivity index (χ3n) is 2.84. The molecule has 1 aromatic rings. The van der Waals surface area contributed by atoms with Crippen molar-refractivity contribution in [2.75, 3.05) is 30.4 Å². The molecule has 21 heavy (non-hydrogen) atoms. The minimum Gasteiger partial charge on any atom is -0.387 e. The Balaban J connectivity index is 2.66. The zero-order chi connectivity index (χ0) is 15.9. The quantitative estimate of drug-likeness (QED) is 0.644. The SMILES string of the molecule is CCCNS(=O)(=O)c1ccc(NCC(C)(O)CSC)cc1. The molecule has 0 amide bonds. The van der Waals surface area contributed by atoms with Crippen molar-refractivity contribution in [3.05, 3.63) is 24.3 Å². The van der Waals surface area contributed by atoms with Crippen molar-refractivity contribution >= 4 is 27.5 Å². The van der Waals surface area contributed by atoms with E-state index in [2.05, 4.69) is 10.0 Å². The van der Waals surface area contributed by atoms with Crippen molar-refractivity contribution in [1.82, 2.24) is 4.72 Å². The number of nitrogens with one attached hydrogen (secondary N) is 2. The summed E-state index contributed by atoms with van der Waals surface area (Å²) >= 11 is 1.58. The summed E-state index contributed by atoms with van der Waals surface area (Å²) in [4.78, 5) is 0.248. The summed E-state index contributed by atoms with van der Waals surface area (Å²) in [6.07, 6.45) is 2.70. The summed E-state index contributed by atoms with van der Waals surface area (Å²) in [5.74, 6) is 0.632. The van der Waals surface area contributed by atoms with E-state index in [4.69, 9.17) is 0 Å². The fraction of sp³-hybridized carbons (Fsp3) is 0.571. The molecule has 1 aromatic carbocycles. The van der Waals surface area contributed by atoms with Gasteiger partial charge in [0.1, 0.15) is 0 Å². The summed E-state index contributed by atoms with van der Waals surface area (Å²) in [6.45, 7) is 4.52. The maximum atomic E-state index is 11.9. The normalized spacial score (nSPS) is 14.7. The van der Waals surface area contributed by atoms with E-state index in [0.717, 1.165) is 12.1 Å². The molecule has 0 saturated heterocycles. The maximum absolute atomic E-state index is 11.9. The summed E-state index contributed by atoms with van der Waals surface area (Å²) in [5, 5.41) is 13.2. The number of sulfonamides is 1. The zero-order valence-corrected chi connectivity index (χ0v) is 14.4. The maximum Gasteiger partial charge on any atom is 0.240 e. The molecule has 0 saturated carbocycles. The fourth-order valence-electron chi connectivity index (χ4n) is 1.73. The van der Waals surface area contributed by atoms with Gasteiger partial charge < -0.3 is 10.4 Å². The van der Waals surface area contributed by atoms with Crippen LogP contribution in [0.15, 0.2) is 29.2 Å². The van der Waals surface area contributed by atoms with Crippen molar-refractivity contribution in [2.24, 2.45) is 0 Å². The minimum absolute atomic E-state index is 0.248. The van der Waals surface area contributed by atoms with E-state index >= 15 is 0 Å². The lowest BCUT2D eigenvalue weighted by Crippen LogP contribution is -2.36. The molecular weight excluding hydrogens is 308 g/mol. The van der Waals surface area contributed by atoms with Gasteiger partial charge in [-0.1, -0.05) is 6.92 Å². The highest BCUT2D eigenvalue weighted by molar-refractivity contribution is 7.98. The van der Waals surface area contributed by atoms with Gasteiger partial charge in [-0.2, -0.15) is 11.8 Å². The van der Waals surface area contributed by atoms with Crippen LogP contribution in [0.3, 0.4) is 0 Å². The van der Waals surface area contributed by atoms with E-state index in [1.54, 1.807) is 43.0 Å². The number of hydrogen-bond acceptors (Lipinski definition) is 5. The van der Waals surface area contributed by atoms with E-state index in [1.165, 1.54) is 0 Å². The molecule has 1 unspecified atom stereocenters. The topological polar surface area (TPSA) is 78.4 Å². The van der Waals surface area contributed by atoms with E-state index in [1.807, 2.05) is 13.2 Å². The second kappa shape index (κ2) is 8.03. The summed E-state index contributed by atoms with van der Waals surface area (Å²) in [5.41, 5.74) is -0.0156. The van der Waals surface area contributed by atoms with Crippen LogP contribution in [0.25, 0.3) is 0 Å². The van der Waals surface area contributed by atoms with Gasteiger partial charge in [-0.05, 0) is 43.9 Å². The van der Waals surface area contributed by atoms with E-state index in [0.29, 0.717) is 18.8 Å². The van der Waals surface area contributed by atoms with Gasteiger partial charge in [0.15, 0.2) is 0 Å². The molecular formula is C14H24N2O3S2. The first-order valence-corrected chi connectivity index (χ1v) is 9.73.